The molecule has 0 aliphatic heterocycles. The lowest BCUT2D eigenvalue weighted by molar-refractivity contribution is 0.140. The molecule has 2 rings (SSSR count). The fraction of sp³-hybridized carbons (Fsp3) is 0.500. The van der Waals surface area contributed by atoms with Crippen molar-refractivity contribution in [1.29, 1.82) is 0 Å². The molecule has 76 valence electrons. The van der Waals surface area contributed by atoms with Crippen molar-refractivity contribution in [3.05, 3.63) is 35.4 Å². The minimum atomic E-state index is -0.719. The van der Waals surface area contributed by atoms with Gasteiger partial charge in [-0.2, -0.15) is 0 Å². The van der Waals surface area contributed by atoms with Crippen LogP contribution in [0.1, 0.15) is 29.9 Å². The van der Waals surface area contributed by atoms with Crippen LogP contribution >= 0.6 is 0 Å². The van der Waals surface area contributed by atoms with Crippen LogP contribution in [0.2, 0.25) is 0 Å². The summed E-state index contributed by atoms with van der Waals surface area (Å²) < 4.78 is 0. The first-order valence-electron chi connectivity index (χ1n) is 5.19. The summed E-state index contributed by atoms with van der Waals surface area (Å²) in [5.74, 6) is 0.729. The van der Waals surface area contributed by atoms with Crippen LogP contribution in [0.5, 0.6) is 0 Å². The molecule has 0 spiro atoms. The number of benzene rings is 1. The summed E-state index contributed by atoms with van der Waals surface area (Å²) in [6, 6.07) is 8.19. The zero-order chi connectivity index (χ0) is 10.1. The number of rotatable bonds is 3. The third-order valence-corrected chi connectivity index (χ3v) is 3.05. The van der Waals surface area contributed by atoms with Gasteiger partial charge in [0.05, 0.1) is 0 Å². The summed E-state index contributed by atoms with van der Waals surface area (Å²) in [5, 5.41) is 9.58. The van der Waals surface area contributed by atoms with E-state index >= 15 is 0 Å². The number of hydrogen-bond acceptors (Lipinski definition) is 2. The Kier molecular flexibility index (Phi) is 2.57. The second kappa shape index (κ2) is 3.71. The lowest BCUT2D eigenvalue weighted by Gasteiger charge is -2.21. The van der Waals surface area contributed by atoms with Gasteiger partial charge in [-0.05, 0) is 36.8 Å². The van der Waals surface area contributed by atoms with Crippen LogP contribution in [0.4, 0.5) is 0 Å². The Bertz CT molecular complexity index is 316. The number of nitrogens with two attached hydrogens (primary N) is 1. The molecule has 1 fully saturated rings. The van der Waals surface area contributed by atoms with Crippen molar-refractivity contribution in [2.75, 3.05) is 0 Å². The molecular weight excluding hydrogens is 174 g/mol. The minimum absolute atomic E-state index is 0.135. The lowest BCUT2D eigenvalue weighted by atomic mass is 9.89. The molecule has 3 N–H and O–H groups in total. The topological polar surface area (TPSA) is 46.2 Å². The average Bonchev–Trinajstić information content (AvgIpc) is 2.92. The van der Waals surface area contributed by atoms with Crippen LogP contribution in [-0.4, -0.2) is 11.3 Å². The summed E-state index contributed by atoms with van der Waals surface area (Å²) in [5.41, 5.74) is 8.08. The molecule has 0 radical (unpaired) electrons. The Labute approximate surface area is 84.7 Å². The van der Waals surface area contributed by atoms with E-state index in [-0.39, 0.29) is 5.92 Å². The Balaban J connectivity index is 2.30. The second-order valence-corrected chi connectivity index (χ2v) is 4.21. The molecule has 1 saturated carbocycles. The van der Waals surface area contributed by atoms with Gasteiger partial charge in [0.15, 0.2) is 0 Å². The predicted octanol–water partition coefficient (Wildman–Crippen LogP) is 1.77. The van der Waals surface area contributed by atoms with E-state index in [4.69, 9.17) is 5.73 Å². The van der Waals surface area contributed by atoms with E-state index in [2.05, 4.69) is 19.1 Å². The van der Waals surface area contributed by atoms with Gasteiger partial charge in [-0.15, -0.1) is 0 Å². The molecule has 0 heterocycles. The van der Waals surface area contributed by atoms with Gasteiger partial charge in [-0.1, -0.05) is 24.3 Å². The summed E-state index contributed by atoms with van der Waals surface area (Å²) in [6.07, 6.45) is 1.68. The highest BCUT2D eigenvalue weighted by molar-refractivity contribution is 5.31. The smallest absolute Gasteiger partial charge is 0.109 e. The molecular formula is C12H17NO. The van der Waals surface area contributed by atoms with Crippen LogP contribution in [0.15, 0.2) is 24.3 Å². The Hall–Kier alpha value is -0.860. The van der Waals surface area contributed by atoms with Crippen LogP contribution < -0.4 is 5.73 Å². The molecule has 1 aromatic carbocycles. The first-order valence-corrected chi connectivity index (χ1v) is 5.19. The molecule has 2 heteroatoms. The Morgan fingerprint density at radius 2 is 2.00 bits per heavy atom. The van der Waals surface area contributed by atoms with Gasteiger partial charge >= 0.3 is 0 Å². The monoisotopic (exact) mass is 191 g/mol. The maximum absolute atomic E-state index is 9.58. The molecule has 0 amide bonds. The third-order valence-electron chi connectivity index (χ3n) is 3.05. The first-order chi connectivity index (χ1) is 6.70. The van der Waals surface area contributed by atoms with Crippen molar-refractivity contribution in [3.8, 4) is 0 Å². The van der Waals surface area contributed by atoms with Gasteiger partial charge in [-0.3, -0.25) is 0 Å². The van der Waals surface area contributed by atoms with E-state index in [1.165, 1.54) is 24.0 Å². The Morgan fingerprint density at radius 3 is 2.50 bits per heavy atom. The lowest BCUT2D eigenvalue weighted by Crippen LogP contribution is -2.29. The molecule has 2 atom stereocenters. The quantitative estimate of drug-likeness (QED) is 0.715. The van der Waals surface area contributed by atoms with Crippen molar-refractivity contribution in [2.24, 2.45) is 11.7 Å². The van der Waals surface area contributed by atoms with E-state index in [1.54, 1.807) is 0 Å². The van der Waals surface area contributed by atoms with Gasteiger partial charge in [0.2, 0.25) is 0 Å². The van der Waals surface area contributed by atoms with Gasteiger partial charge in [-0.25, -0.2) is 0 Å². The highest BCUT2D eigenvalue weighted by Gasteiger charge is 2.36. The molecule has 2 unspecified atom stereocenters. The van der Waals surface area contributed by atoms with Gasteiger partial charge < -0.3 is 10.8 Å². The summed E-state index contributed by atoms with van der Waals surface area (Å²) in [7, 11) is 0. The molecule has 0 aromatic heterocycles. The maximum Gasteiger partial charge on any atom is 0.109 e. The third kappa shape index (κ3) is 1.81. The molecule has 1 aliphatic rings. The number of aliphatic hydroxyl groups excluding tert-OH is 1. The highest BCUT2D eigenvalue weighted by Crippen LogP contribution is 2.44. The van der Waals surface area contributed by atoms with E-state index in [0.29, 0.717) is 5.92 Å². The second-order valence-electron chi connectivity index (χ2n) is 4.21. The van der Waals surface area contributed by atoms with Crippen LogP contribution in [0.3, 0.4) is 0 Å². The average molecular weight is 191 g/mol. The first kappa shape index (κ1) is 9.69. The van der Waals surface area contributed by atoms with E-state index in [1.807, 2.05) is 12.1 Å². The summed E-state index contributed by atoms with van der Waals surface area (Å²) in [6.45, 7) is 2.08. The van der Waals surface area contributed by atoms with Crippen molar-refractivity contribution >= 4 is 0 Å². The standard InChI is InChI=1S/C12H17NO/c1-8-4-2-3-5-10(8)11(12(13)14)9-6-7-9/h2-5,9,11-12,14H,6-7,13H2,1H3. The highest BCUT2D eigenvalue weighted by atomic mass is 16.3. The van der Waals surface area contributed by atoms with Gasteiger partial charge in [0.1, 0.15) is 6.23 Å². The minimum Gasteiger partial charge on any atom is -0.378 e. The van der Waals surface area contributed by atoms with Crippen LogP contribution in [0, 0.1) is 12.8 Å². The molecule has 1 aromatic rings. The molecule has 0 saturated heterocycles. The van der Waals surface area contributed by atoms with Crippen molar-refractivity contribution in [2.45, 2.75) is 31.9 Å². The van der Waals surface area contributed by atoms with Crippen molar-refractivity contribution < 1.29 is 5.11 Å². The summed E-state index contributed by atoms with van der Waals surface area (Å²) in [4.78, 5) is 0. The SMILES string of the molecule is Cc1ccccc1C(C(N)O)C1CC1. The zero-order valence-electron chi connectivity index (χ0n) is 8.48. The van der Waals surface area contributed by atoms with Crippen molar-refractivity contribution in [1.82, 2.24) is 0 Å². The van der Waals surface area contributed by atoms with E-state index in [0.717, 1.165) is 0 Å². The normalized spacial score (nSPS) is 20.5. The van der Waals surface area contributed by atoms with Crippen LogP contribution in [0.25, 0.3) is 0 Å². The number of aliphatic hydroxyl groups is 1. The molecule has 1 aliphatic carbocycles. The number of aryl methyl sites for hydroxylation is 1. The molecule has 2 nitrogen and oxygen atoms in total. The fourth-order valence-corrected chi connectivity index (χ4v) is 2.13. The van der Waals surface area contributed by atoms with Crippen molar-refractivity contribution in [3.63, 3.8) is 0 Å². The zero-order valence-corrected chi connectivity index (χ0v) is 8.48. The largest absolute Gasteiger partial charge is 0.378 e. The Morgan fingerprint density at radius 1 is 1.36 bits per heavy atom. The molecule has 14 heavy (non-hydrogen) atoms. The fourth-order valence-electron chi connectivity index (χ4n) is 2.13. The van der Waals surface area contributed by atoms with E-state index < -0.39 is 6.23 Å². The maximum atomic E-state index is 9.58. The summed E-state index contributed by atoms with van der Waals surface area (Å²) >= 11 is 0. The predicted molar refractivity (Wildman–Crippen MR) is 56.8 cm³/mol. The molecule has 0 bridgehead atoms. The van der Waals surface area contributed by atoms with Crippen LogP contribution in [-0.2, 0) is 0 Å². The van der Waals surface area contributed by atoms with Gasteiger partial charge in [0.25, 0.3) is 0 Å². The number of hydrogen-bond donors (Lipinski definition) is 2. The van der Waals surface area contributed by atoms with E-state index in [9.17, 15) is 5.11 Å². The van der Waals surface area contributed by atoms with Gasteiger partial charge in [0, 0.05) is 5.92 Å².